The van der Waals surface area contributed by atoms with Crippen molar-refractivity contribution in [3.63, 3.8) is 0 Å². The molecule has 0 saturated carbocycles. The van der Waals surface area contributed by atoms with Gasteiger partial charge in [-0.05, 0) is 55.3 Å². The van der Waals surface area contributed by atoms with Crippen molar-refractivity contribution in [3.8, 4) is 11.5 Å². The number of halogens is 1. The lowest BCUT2D eigenvalue weighted by Crippen LogP contribution is -2.29. The Balaban J connectivity index is 1.49. The van der Waals surface area contributed by atoms with Crippen LogP contribution in [0.3, 0.4) is 0 Å². The molecule has 1 amide bonds. The number of nitrogens with zero attached hydrogens (tertiary/aromatic N) is 3. The molecule has 3 heterocycles. The summed E-state index contributed by atoms with van der Waals surface area (Å²) in [5.74, 6) is 0.611. The van der Waals surface area contributed by atoms with Crippen molar-refractivity contribution in [1.29, 1.82) is 0 Å². The molecule has 2 aromatic heterocycles. The van der Waals surface area contributed by atoms with Crippen molar-refractivity contribution in [2.24, 2.45) is 0 Å². The minimum atomic E-state index is -0.790. The molecule has 10 heteroatoms. The molecule has 0 radical (unpaired) electrons. The largest absolute Gasteiger partial charge is 0.490 e. The van der Waals surface area contributed by atoms with Gasteiger partial charge in [0, 0.05) is 4.47 Å². The molecule has 1 atom stereocenters. The third-order valence-corrected chi connectivity index (χ3v) is 7.71. The summed E-state index contributed by atoms with van der Waals surface area (Å²) < 4.78 is 18.8. The quantitative estimate of drug-likeness (QED) is 0.211. The molecule has 0 bridgehead atoms. The van der Waals surface area contributed by atoms with Crippen molar-refractivity contribution < 1.29 is 18.7 Å². The van der Waals surface area contributed by atoms with Crippen LogP contribution in [0.5, 0.6) is 11.5 Å². The van der Waals surface area contributed by atoms with Crippen molar-refractivity contribution in [2.75, 3.05) is 11.5 Å². The number of anilines is 1. The van der Waals surface area contributed by atoms with Crippen LogP contribution in [-0.2, 0) is 6.61 Å². The average molecular weight is 604 g/mol. The fraction of sp³-hybridized carbons (Fsp3) is 0.172. The van der Waals surface area contributed by atoms with Gasteiger partial charge in [-0.25, -0.2) is 0 Å². The standard InChI is InChI=1S/C29H22BrN3O5S/c1-3-36-23-13-18(9-11-22(23)37-15-17-7-5-4-6-8-17)25-24-26(34)20-14-19(30)10-12-21(20)38-27(24)28(35)33(25)29-32-31-16(2)39-29/h4-14,25H,3,15H2,1-2H3. The Labute approximate surface area is 235 Å². The Bertz CT molecular complexity index is 1770. The van der Waals surface area contributed by atoms with E-state index in [2.05, 4.69) is 26.1 Å². The topological polar surface area (TPSA) is 94.8 Å². The number of aryl methyl sites for hydroxylation is 1. The Morgan fingerprint density at radius 2 is 1.82 bits per heavy atom. The van der Waals surface area contributed by atoms with E-state index < -0.39 is 11.9 Å². The minimum Gasteiger partial charge on any atom is -0.490 e. The predicted octanol–water partition coefficient (Wildman–Crippen LogP) is 6.44. The second-order valence-corrected chi connectivity index (χ2v) is 11.0. The summed E-state index contributed by atoms with van der Waals surface area (Å²) in [6, 6.07) is 19.6. The molecule has 0 saturated heterocycles. The Hall–Kier alpha value is -4.02. The summed E-state index contributed by atoms with van der Waals surface area (Å²) in [6.45, 7) is 4.47. The smallest absolute Gasteiger partial charge is 0.297 e. The van der Waals surface area contributed by atoms with E-state index in [-0.39, 0.29) is 16.8 Å². The van der Waals surface area contributed by atoms with Crippen molar-refractivity contribution in [2.45, 2.75) is 26.5 Å². The molecule has 0 fully saturated rings. The summed E-state index contributed by atoms with van der Waals surface area (Å²) >= 11 is 4.70. The summed E-state index contributed by atoms with van der Waals surface area (Å²) in [4.78, 5) is 29.1. The SMILES string of the molecule is CCOc1cc(C2c3c(oc4ccc(Br)cc4c3=O)C(=O)N2c2nnc(C)s2)ccc1OCc1ccccc1. The first-order valence-electron chi connectivity index (χ1n) is 12.3. The Morgan fingerprint density at radius 1 is 1.00 bits per heavy atom. The van der Waals surface area contributed by atoms with Gasteiger partial charge in [-0.3, -0.25) is 14.5 Å². The molecule has 5 aromatic rings. The van der Waals surface area contributed by atoms with Crippen LogP contribution in [0.25, 0.3) is 11.0 Å². The average Bonchev–Trinajstić information content (AvgIpc) is 3.49. The highest BCUT2D eigenvalue weighted by molar-refractivity contribution is 9.10. The van der Waals surface area contributed by atoms with Crippen LogP contribution < -0.4 is 19.8 Å². The number of aromatic nitrogens is 2. The molecule has 6 rings (SSSR count). The Morgan fingerprint density at radius 3 is 2.56 bits per heavy atom. The normalized spacial score (nSPS) is 14.6. The zero-order valence-corrected chi connectivity index (χ0v) is 23.4. The highest BCUT2D eigenvalue weighted by Gasteiger charge is 2.45. The number of amides is 1. The van der Waals surface area contributed by atoms with Crippen molar-refractivity contribution >= 4 is 49.3 Å². The first-order chi connectivity index (χ1) is 18.9. The molecule has 39 heavy (non-hydrogen) atoms. The number of fused-ring (bicyclic) bond motifs is 2. The molecule has 0 aliphatic carbocycles. The number of rotatable bonds is 7. The maximum atomic E-state index is 13.9. The Kier molecular flexibility index (Phi) is 6.66. The highest BCUT2D eigenvalue weighted by atomic mass is 79.9. The van der Waals surface area contributed by atoms with Gasteiger partial charge in [0.05, 0.1) is 23.6 Å². The van der Waals surface area contributed by atoms with Gasteiger partial charge in [-0.1, -0.05) is 63.7 Å². The lowest BCUT2D eigenvalue weighted by Gasteiger charge is -2.23. The maximum Gasteiger partial charge on any atom is 0.297 e. The number of carbonyl (C=O) groups excluding carboxylic acids is 1. The molecule has 196 valence electrons. The first kappa shape index (κ1) is 25.3. The van der Waals surface area contributed by atoms with Gasteiger partial charge >= 0.3 is 0 Å². The van der Waals surface area contributed by atoms with Gasteiger partial charge in [-0.15, -0.1) is 10.2 Å². The van der Waals surface area contributed by atoms with Crippen LogP contribution in [-0.4, -0.2) is 22.7 Å². The first-order valence-corrected chi connectivity index (χ1v) is 13.9. The predicted molar refractivity (Wildman–Crippen MR) is 152 cm³/mol. The molecule has 1 unspecified atom stereocenters. The monoisotopic (exact) mass is 603 g/mol. The highest BCUT2D eigenvalue weighted by Crippen LogP contribution is 2.44. The fourth-order valence-electron chi connectivity index (χ4n) is 4.66. The van der Waals surface area contributed by atoms with Crippen LogP contribution in [0.1, 0.15) is 45.2 Å². The molecule has 1 aliphatic heterocycles. The van der Waals surface area contributed by atoms with E-state index in [1.165, 1.54) is 16.2 Å². The number of benzene rings is 3. The van der Waals surface area contributed by atoms with E-state index >= 15 is 0 Å². The third-order valence-electron chi connectivity index (χ3n) is 6.37. The lowest BCUT2D eigenvalue weighted by atomic mass is 9.98. The zero-order valence-electron chi connectivity index (χ0n) is 21.0. The molecule has 8 nitrogen and oxygen atoms in total. The number of hydrogen-bond acceptors (Lipinski definition) is 8. The lowest BCUT2D eigenvalue weighted by molar-refractivity contribution is 0.0970. The number of ether oxygens (including phenoxy) is 2. The summed E-state index contributed by atoms with van der Waals surface area (Å²) in [7, 11) is 0. The second-order valence-electron chi connectivity index (χ2n) is 8.91. The van der Waals surface area contributed by atoms with E-state index in [0.717, 1.165) is 10.0 Å². The van der Waals surface area contributed by atoms with Gasteiger partial charge in [0.15, 0.2) is 16.9 Å². The summed E-state index contributed by atoms with van der Waals surface area (Å²) in [5.41, 5.74) is 1.99. The molecule has 1 aliphatic rings. The third kappa shape index (κ3) is 4.59. The van der Waals surface area contributed by atoms with Crippen LogP contribution in [0, 0.1) is 6.92 Å². The molecule has 0 spiro atoms. The summed E-state index contributed by atoms with van der Waals surface area (Å²) in [6.07, 6.45) is 0. The second kappa shape index (κ2) is 10.3. The van der Waals surface area contributed by atoms with Gasteiger partial charge < -0.3 is 13.9 Å². The van der Waals surface area contributed by atoms with E-state index in [1.807, 2.05) is 56.3 Å². The van der Waals surface area contributed by atoms with Gasteiger partial charge in [0.1, 0.15) is 17.2 Å². The van der Waals surface area contributed by atoms with E-state index in [1.54, 1.807) is 24.3 Å². The maximum absolute atomic E-state index is 13.9. The molecule has 3 aromatic carbocycles. The van der Waals surface area contributed by atoms with Crippen molar-refractivity contribution in [1.82, 2.24) is 10.2 Å². The van der Waals surface area contributed by atoms with Gasteiger partial charge in [-0.2, -0.15) is 0 Å². The summed E-state index contributed by atoms with van der Waals surface area (Å²) in [5, 5.41) is 9.78. The van der Waals surface area contributed by atoms with E-state index in [4.69, 9.17) is 13.9 Å². The van der Waals surface area contributed by atoms with Crippen LogP contribution >= 0.6 is 27.3 Å². The van der Waals surface area contributed by atoms with Crippen LogP contribution in [0.4, 0.5) is 5.13 Å². The van der Waals surface area contributed by atoms with Gasteiger partial charge in [0.25, 0.3) is 5.91 Å². The van der Waals surface area contributed by atoms with Crippen LogP contribution in [0.15, 0.2) is 80.4 Å². The van der Waals surface area contributed by atoms with Crippen LogP contribution in [0.2, 0.25) is 0 Å². The number of carbonyl (C=O) groups is 1. The molecular weight excluding hydrogens is 582 g/mol. The molecular formula is C29H22BrN3O5S. The molecule has 0 N–H and O–H groups in total. The van der Waals surface area contributed by atoms with Gasteiger partial charge in [0.2, 0.25) is 10.9 Å². The zero-order chi connectivity index (χ0) is 27.1. The van der Waals surface area contributed by atoms with E-state index in [0.29, 0.717) is 51.4 Å². The number of hydrogen-bond donors (Lipinski definition) is 0. The van der Waals surface area contributed by atoms with Crippen molar-refractivity contribution in [3.05, 3.63) is 109 Å². The fourth-order valence-corrected chi connectivity index (χ4v) is 5.73. The minimum absolute atomic E-state index is 0.00459. The van der Waals surface area contributed by atoms with E-state index in [9.17, 15) is 9.59 Å².